The van der Waals surface area contributed by atoms with Crippen LogP contribution in [-0.4, -0.2) is 276 Å². The van der Waals surface area contributed by atoms with Crippen LogP contribution in [0, 0.1) is 0 Å². The van der Waals surface area contributed by atoms with Crippen LogP contribution in [0.25, 0.3) is 0 Å². The summed E-state index contributed by atoms with van der Waals surface area (Å²) in [6.45, 7) is 0.726. The number of nitrogens with one attached hydrogen (secondary N) is 14. The van der Waals surface area contributed by atoms with E-state index in [1.54, 1.807) is 60.7 Å². The van der Waals surface area contributed by atoms with Gasteiger partial charge in [-0.25, -0.2) is 0 Å². The summed E-state index contributed by atoms with van der Waals surface area (Å²) in [5.74, 6) is -15.2. The molecule has 2 fully saturated rings. The number of likely N-dealkylation sites (tertiary alicyclic amines) is 1. The predicted octanol–water partition coefficient (Wildman–Crippen LogP) is -7.87. The molecule has 0 radical (unpaired) electrons. The molecule has 125 heavy (non-hydrogen) atoms. The molecule has 2 aromatic carbocycles. The van der Waals surface area contributed by atoms with Crippen molar-refractivity contribution in [1.29, 1.82) is 0 Å². The summed E-state index contributed by atoms with van der Waals surface area (Å²) in [6.07, 6.45) is 6.55. The summed E-state index contributed by atoms with van der Waals surface area (Å²) >= 11 is 0.918. The number of hydrogen-bond acceptors (Lipinski definition) is 25. The van der Waals surface area contributed by atoms with Crippen molar-refractivity contribution in [3.05, 3.63) is 71.8 Å². The molecule has 32 N–H and O–H groups in total. The van der Waals surface area contributed by atoms with Gasteiger partial charge in [0.1, 0.15) is 60.4 Å². The molecule has 1 saturated carbocycles. The molecule has 1 unspecified atom stereocenters. The van der Waals surface area contributed by atoms with Gasteiger partial charge in [-0.15, -0.1) is 11.8 Å². The lowest BCUT2D eigenvalue weighted by molar-refractivity contribution is -0.139. The van der Waals surface area contributed by atoms with Crippen molar-refractivity contribution < 1.29 is 91.7 Å². The number of amides is 17. The van der Waals surface area contributed by atoms with Gasteiger partial charge in [0.25, 0.3) is 0 Å². The minimum Gasteiger partial charge on any atom is -0.394 e. The van der Waals surface area contributed by atoms with Crippen LogP contribution in [0.4, 0.5) is 0 Å². The molecule has 0 spiro atoms. The average Bonchev–Trinajstić information content (AvgIpc) is 1.67. The Morgan fingerprint density at radius 3 is 1.39 bits per heavy atom. The number of aliphatic hydroxyl groups is 2. The van der Waals surface area contributed by atoms with E-state index in [2.05, 4.69) is 84.4 Å². The quantitative estimate of drug-likeness (QED) is 0.0127. The van der Waals surface area contributed by atoms with Crippen LogP contribution in [0.15, 0.2) is 70.6 Å². The monoisotopic (exact) mass is 1780 g/mol. The molecule has 1 heterocycles. The van der Waals surface area contributed by atoms with E-state index < -0.39 is 199 Å². The van der Waals surface area contributed by atoms with Gasteiger partial charge in [0.2, 0.25) is 100 Å². The fourth-order valence-electron chi connectivity index (χ4n) is 13.1. The Bertz CT molecular complexity index is 3950. The zero-order chi connectivity index (χ0) is 92.5. The van der Waals surface area contributed by atoms with Crippen LogP contribution in [0.2, 0.25) is 0 Å². The second-order valence-corrected chi connectivity index (χ2v) is 31.8. The molecule has 0 bridgehead atoms. The van der Waals surface area contributed by atoms with E-state index >= 15 is 0 Å². The molecule has 1 aliphatic carbocycles. The summed E-state index contributed by atoms with van der Waals surface area (Å²) in [4.78, 5) is 239. The van der Waals surface area contributed by atoms with Crippen molar-refractivity contribution >= 4 is 124 Å². The van der Waals surface area contributed by atoms with Gasteiger partial charge in [-0.2, -0.15) is 0 Å². The van der Waals surface area contributed by atoms with Crippen LogP contribution in [0.5, 0.6) is 0 Å². The number of primary amides is 1. The van der Waals surface area contributed by atoms with Gasteiger partial charge in [0.15, 0.2) is 11.9 Å². The summed E-state index contributed by atoms with van der Waals surface area (Å²) in [6, 6.07) is 1.12. The summed E-state index contributed by atoms with van der Waals surface area (Å²) in [5, 5.41) is 55.2. The molecule has 44 nitrogen and oxygen atoms in total. The van der Waals surface area contributed by atoms with E-state index in [1.807, 2.05) is 0 Å². The molecule has 2 aromatic rings. The minimum absolute atomic E-state index is 0.00320. The zero-order valence-electron chi connectivity index (χ0n) is 71.2. The van der Waals surface area contributed by atoms with Crippen molar-refractivity contribution in [3.63, 3.8) is 0 Å². The minimum atomic E-state index is -1.81. The highest BCUT2D eigenvalue weighted by molar-refractivity contribution is 8.00. The number of aliphatic imine (C=N–C) groups is 2. The average molecular weight is 1780 g/mol. The number of imide groups is 1. The Kier molecular flexibility index (Phi) is 48.8. The topological polar surface area (TPSA) is 735 Å². The lowest BCUT2D eigenvalue weighted by atomic mass is 9.96. The van der Waals surface area contributed by atoms with E-state index in [9.17, 15) is 91.7 Å². The lowest BCUT2D eigenvalue weighted by Gasteiger charge is -2.27. The van der Waals surface area contributed by atoms with Gasteiger partial charge in [0.05, 0.1) is 43.6 Å². The fourth-order valence-corrected chi connectivity index (χ4v) is 14.3. The molecular weight excluding hydrogens is 1650 g/mol. The Labute approximate surface area is 730 Å². The Hall–Kier alpha value is -11.7. The molecule has 45 heteroatoms. The summed E-state index contributed by atoms with van der Waals surface area (Å²) < 4.78 is 0. The highest BCUT2D eigenvalue weighted by atomic mass is 32.2. The Morgan fingerprint density at radius 2 is 0.896 bits per heavy atom. The van der Waals surface area contributed by atoms with Gasteiger partial charge in [-0.3, -0.25) is 96.4 Å². The van der Waals surface area contributed by atoms with Gasteiger partial charge < -0.3 is 131 Å². The van der Waals surface area contributed by atoms with Crippen LogP contribution in [-0.2, 0) is 94.3 Å². The highest BCUT2D eigenvalue weighted by Gasteiger charge is 2.41. The van der Waals surface area contributed by atoms with Crippen molar-refractivity contribution in [1.82, 2.24) is 79.3 Å². The van der Waals surface area contributed by atoms with Gasteiger partial charge in [-0.1, -0.05) is 92.8 Å². The summed E-state index contributed by atoms with van der Waals surface area (Å²) in [7, 11) is 0. The van der Waals surface area contributed by atoms with Gasteiger partial charge in [-0.05, 0) is 135 Å². The van der Waals surface area contributed by atoms with E-state index in [0.717, 1.165) is 67.7 Å². The number of nitrogens with two attached hydrogens (primary N) is 8. The second kappa shape index (κ2) is 57.7. The standard InChI is InChI=1S/C80H129N25O19S/c1-46(94-63(110)43-93-77(123)66(48(3)107)104-75(121)57(39-50-24-11-8-12-25-50)97-64(111)42-91-62(109)41-92-70(116)52(83)38-49-22-9-7-10-23-49)68(114)98-55(30-19-35-89-79(85)86)71(117)100-53(28-15-17-33-81)73(119)102-58(44-106)76(122)95-47(2)69(115)99-56(31-20-36-90-80(87)88)72(118)101-54(29-16-18-34-82)74(120)103-59(67(84)113)45-125-60-40-65(112)105(78(60)124)37-21-32-61(108)96-51-26-13-5-4-6-14-27-51/h7-12,22-25,46-48,51-60,66,106-107H,4-6,13-21,26-45,81-83H2,1-3H3,(H2,84,113)(H,91,109)(H,92,116)(H,93,123)(H,94,110)(H,95,122)(H,96,108)(H,97,111)(H,98,114)(H,99,115)(H,100,117)(H,101,118)(H,102,119)(H,103,120)(H,104,121)(H4,85,86,89)(H4,87,88,90)/t46-,47-,48+,52-,53-,54-,55-,56-,57-,58-,59-,60?,66-/m0/s1. The van der Waals surface area contributed by atoms with Crippen LogP contribution < -0.4 is 120 Å². The number of carbonyl (C=O) groups excluding carboxylic acids is 17. The SMILES string of the molecule is C[C@H](NC(=O)CNC(=O)[C@@H](NC(=O)[C@H](Cc1ccccc1)NC(=O)CNC(=O)CNC(=O)[C@@H](N)Cc1ccccc1)[C@@H](C)O)C(=O)N[C@@H](CCCN=C(N)N)C(=O)N[C@@H](CCCCN)C(=O)N[C@@H](CO)C(=O)N[C@@H](C)C(=O)N[C@@H](CCCN=C(N)N)C(=O)N[C@@H](CCCCN)C(=O)N[C@@H](CSC1CC(=O)N(CCCC(=O)NC2CCCCCCC2)C1=O)C(N)=O. The first-order valence-corrected chi connectivity index (χ1v) is 43.1. The molecule has 2 aliphatic rings. The maximum Gasteiger partial charge on any atom is 0.245 e. The van der Waals surface area contributed by atoms with Crippen LogP contribution >= 0.6 is 11.8 Å². The van der Waals surface area contributed by atoms with E-state index in [4.69, 9.17) is 45.9 Å². The van der Waals surface area contributed by atoms with E-state index in [-0.39, 0.29) is 146 Å². The molecule has 1 saturated heterocycles. The summed E-state index contributed by atoms with van der Waals surface area (Å²) in [5.41, 5.74) is 46.8. The lowest BCUT2D eigenvalue weighted by Crippen LogP contribution is -2.60. The number of benzene rings is 2. The number of thioether (sulfide) groups is 1. The normalized spacial score (nSPS) is 16.2. The third-order valence-electron chi connectivity index (χ3n) is 20.2. The predicted molar refractivity (Wildman–Crippen MR) is 463 cm³/mol. The van der Waals surface area contributed by atoms with Crippen molar-refractivity contribution in [2.75, 3.05) is 64.7 Å². The first kappa shape index (κ1) is 106. The van der Waals surface area contributed by atoms with Crippen LogP contribution in [0.3, 0.4) is 0 Å². The van der Waals surface area contributed by atoms with Gasteiger partial charge >= 0.3 is 0 Å². The first-order valence-electron chi connectivity index (χ1n) is 42.1. The van der Waals surface area contributed by atoms with E-state index in [1.165, 1.54) is 20.3 Å². The molecule has 694 valence electrons. The third-order valence-corrected chi connectivity index (χ3v) is 21.5. The zero-order valence-corrected chi connectivity index (χ0v) is 72.0. The molecule has 0 aromatic heterocycles. The van der Waals surface area contributed by atoms with Crippen molar-refractivity contribution in [2.45, 2.75) is 246 Å². The molecule has 17 amide bonds. The number of guanidine groups is 2. The second-order valence-electron chi connectivity index (χ2n) is 30.6. The number of carbonyl (C=O) groups is 17. The first-order chi connectivity index (χ1) is 59.5. The maximum absolute atomic E-state index is 14.3. The number of nitrogens with zero attached hydrogens (tertiary/aromatic N) is 3. The number of hydrogen-bond donors (Lipinski definition) is 24. The number of unbranched alkanes of at least 4 members (excludes halogenated alkanes) is 2. The van der Waals surface area contributed by atoms with Crippen LogP contribution in [0.1, 0.15) is 160 Å². The van der Waals surface area contributed by atoms with Crippen molar-refractivity contribution in [3.8, 4) is 0 Å². The fraction of sp³-hybridized carbons (Fsp3) is 0.613. The number of rotatable bonds is 57. The van der Waals surface area contributed by atoms with Gasteiger partial charge in [0, 0.05) is 50.7 Å². The largest absolute Gasteiger partial charge is 0.394 e. The molecule has 1 aliphatic heterocycles. The smallest absolute Gasteiger partial charge is 0.245 e. The number of aliphatic hydroxyl groups excluding tert-OH is 2. The molecule has 13 atom stereocenters. The van der Waals surface area contributed by atoms with Crippen molar-refractivity contribution in [2.24, 2.45) is 55.9 Å². The molecular formula is C80H129N25O19S. The Morgan fingerprint density at radius 1 is 0.464 bits per heavy atom. The highest BCUT2D eigenvalue weighted by Crippen LogP contribution is 2.27. The maximum atomic E-state index is 14.3. The van der Waals surface area contributed by atoms with E-state index in [0.29, 0.717) is 18.4 Å². The third kappa shape index (κ3) is 41.1. The molecule has 4 rings (SSSR count). The Balaban J connectivity index is 1.39.